The molecule has 5 rings (SSSR count). The predicted octanol–water partition coefficient (Wildman–Crippen LogP) is 5.84. The zero-order valence-corrected chi connectivity index (χ0v) is 22.3. The maximum Gasteiger partial charge on any atom is 0.253 e. The van der Waals surface area contributed by atoms with E-state index in [4.69, 9.17) is 23.2 Å². The first-order chi connectivity index (χ1) is 16.8. The number of fused-ring (bicyclic) bond motifs is 1. The van der Waals surface area contributed by atoms with Crippen molar-refractivity contribution in [1.29, 1.82) is 0 Å². The molecule has 1 amide bonds. The number of benzene rings is 1. The smallest absolute Gasteiger partial charge is 0.253 e. The molecule has 1 saturated heterocycles. The number of sulfonamides is 1. The van der Waals surface area contributed by atoms with Gasteiger partial charge in [-0.05, 0) is 55.3 Å². The zero-order chi connectivity index (χ0) is 24.6. The molecule has 12 heteroatoms. The number of carbonyl (C=O) groups is 1. The van der Waals surface area contributed by atoms with Crippen LogP contribution in [0.5, 0.6) is 0 Å². The van der Waals surface area contributed by atoms with Gasteiger partial charge in [-0.3, -0.25) is 14.7 Å². The third-order valence-corrected chi connectivity index (χ3v) is 10.6. The average Bonchev–Trinajstić information content (AvgIpc) is 3.49. The van der Waals surface area contributed by atoms with Gasteiger partial charge in [0.1, 0.15) is 10.3 Å². The number of thiophene rings is 1. The molecule has 1 fully saturated rings. The third kappa shape index (κ3) is 5.09. The molecule has 0 saturated carbocycles. The first-order valence-electron chi connectivity index (χ1n) is 10.9. The second kappa shape index (κ2) is 10.1. The summed E-state index contributed by atoms with van der Waals surface area (Å²) in [4.78, 5) is 24.6. The van der Waals surface area contributed by atoms with Crippen LogP contribution in [0.2, 0.25) is 9.36 Å². The van der Waals surface area contributed by atoms with Crippen LogP contribution in [-0.4, -0.2) is 41.2 Å². The molecule has 0 spiro atoms. The lowest BCUT2D eigenvalue weighted by Gasteiger charge is -2.35. The monoisotopic (exact) mass is 566 g/mol. The van der Waals surface area contributed by atoms with Gasteiger partial charge < -0.3 is 0 Å². The van der Waals surface area contributed by atoms with Crippen molar-refractivity contribution < 1.29 is 13.2 Å². The van der Waals surface area contributed by atoms with Gasteiger partial charge in [0.2, 0.25) is 5.91 Å². The molecule has 0 N–H and O–H groups in total. The Hall–Kier alpha value is -2.08. The van der Waals surface area contributed by atoms with Crippen LogP contribution < -0.4 is 4.90 Å². The summed E-state index contributed by atoms with van der Waals surface area (Å²) in [6.45, 7) is 0.434. The van der Waals surface area contributed by atoms with E-state index >= 15 is 0 Å². The predicted molar refractivity (Wildman–Crippen MR) is 141 cm³/mol. The van der Waals surface area contributed by atoms with Crippen molar-refractivity contribution in [2.75, 3.05) is 11.4 Å². The summed E-state index contributed by atoms with van der Waals surface area (Å²) in [6.07, 6.45) is 3.52. The van der Waals surface area contributed by atoms with Crippen LogP contribution >= 0.6 is 45.9 Å². The van der Waals surface area contributed by atoms with Crippen molar-refractivity contribution >= 4 is 77.2 Å². The highest BCUT2D eigenvalue weighted by Gasteiger charge is 2.41. The summed E-state index contributed by atoms with van der Waals surface area (Å²) in [5, 5.41) is 1.05. The zero-order valence-electron chi connectivity index (χ0n) is 18.3. The van der Waals surface area contributed by atoms with Gasteiger partial charge in [0.05, 0.1) is 26.8 Å². The van der Waals surface area contributed by atoms with Crippen molar-refractivity contribution in [2.45, 2.75) is 36.1 Å². The molecule has 7 nitrogen and oxygen atoms in total. The Kier molecular flexibility index (Phi) is 7.11. The molecule has 1 atom stereocenters. The molecule has 0 radical (unpaired) electrons. The second-order valence-electron chi connectivity index (χ2n) is 8.04. The average molecular weight is 568 g/mol. The van der Waals surface area contributed by atoms with Gasteiger partial charge in [0.25, 0.3) is 10.0 Å². The summed E-state index contributed by atoms with van der Waals surface area (Å²) in [7, 11) is -3.88. The lowest BCUT2D eigenvalue weighted by atomic mass is 10.0. The van der Waals surface area contributed by atoms with E-state index < -0.39 is 16.1 Å². The number of hydrogen-bond acceptors (Lipinski definition) is 7. The molecule has 1 aliphatic rings. The van der Waals surface area contributed by atoms with Gasteiger partial charge in [-0.15, -0.1) is 11.3 Å². The molecule has 4 aromatic rings. The number of rotatable bonds is 6. The summed E-state index contributed by atoms with van der Waals surface area (Å²) in [5.74, 6) is -0.327. The van der Waals surface area contributed by atoms with E-state index in [2.05, 4.69) is 9.97 Å². The highest BCUT2D eigenvalue weighted by molar-refractivity contribution is 7.91. The largest absolute Gasteiger partial charge is 0.281 e. The minimum Gasteiger partial charge on any atom is -0.281 e. The topological polar surface area (TPSA) is 83.5 Å². The molecular weight excluding hydrogens is 547 g/mol. The van der Waals surface area contributed by atoms with E-state index in [9.17, 15) is 13.2 Å². The lowest BCUT2D eigenvalue weighted by molar-refractivity contribution is -0.123. The number of hydrogen-bond donors (Lipinski definition) is 0. The Morgan fingerprint density at radius 1 is 1.11 bits per heavy atom. The van der Waals surface area contributed by atoms with Crippen LogP contribution in [0, 0.1) is 0 Å². The fraction of sp³-hybridized carbons (Fsp3) is 0.261. The van der Waals surface area contributed by atoms with Crippen molar-refractivity contribution in [3.05, 3.63) is 69.8 Å². The van der Waals surface area contributed by atoms with Crippen molar-refractivity contribution in [3.63, 3.8) is 0 Å². The van der Waals surface area contributed by atoms with E-state index in [1.807, 2.05) is 12.1 Å². The number of aromatic nitrogens is 2. The van der Waals surface area contributed by atoms with Gasteiger partial charge in [-0.25, -0.2) is 13.4 Å². The first kappa shape index (κ1) is 24.6. The van der Waals surface area contributed by atoms with E-state index in [0.29, 0.717) is 33.0 Å². The molecule has 0 bridgehead atoms. The minimum atomic E-state index is -3.88. The number of piperidine rings is 1. The molecule has 1 aromatic carbocycles. The van der Waals surface area contributed by atoms with Crippen LogP contribution in [0.3, 0.4) is 0 Å². The molecule has 1 aliphatic heterocycles. The summed E-state index contributed by atoms with van der Waals surface area (Å²) < 4.78 is 29.6. The third-order valence-electron chi connectivity index (χ3n) is 5.73. The SMILES string of the molecule is O=C(C1CCCCN1S(=O)(=O)c1ccc(Cl)s1)N(Cc1ccccn1)c1nc2ccc(Cl)cc2s1. The van der Waals surface area contributed by atoms with Crippen molar-refractivity contribution in [2.24, 2.45) is 0 Å². The number of amides is 1. The molecule has 4 heterocycles. The molecule has 1 unspecified atom stereocenters. The Bertz CT molecular complexity index is 1470. The van der Waals surface area contributed by atoms with Crippen LogP contribution in [0.1, 0.15) is 25.0 Å². The molecule has 35 heavy (non-hydrogen) atoms. The molecule has 0 aliphatic carbocycles. The number of carbonyl (C=O) groups excluding carboxylic acids is 1. The Morgan fingerprint density at radius 3 is 2.71 bits per heavy atom. The summed E-state index contributed by atoms with van der Waals surface area (Å²) in [6, 6.07) is 13.0. The number of pyridine rings is 1. The maximum absolute atomic E-state index is 14.1. The fourth-order valence-electron chi connectivity index (χ4n) is 4.07. The fourth-order valence-corrected chi connectivity index (χ4v) is 8.58. The van der Waals surface area contributed by atoms with E-state index in [1.165, 1.54) is 21.7 Å². The summed E-state index contributed by atoms with van der Waals surface area (Å²) in [5.41, 5.74) is 1.39. The Morgan fingerprint density at radius 2 is 1.97 bits per heavy atom. The van der Waals surface area contributed by atoms with E-state index in [-0.39, 0.29) is 23.2 Å². The number of halogens is 2. The van der Waals surface area contributed by atoms with Gasteiger partial charge in [-0.1, -0.05) is 47.0 Å². The number of anilines is 1. The minimum absolute atomic E-state index is 0.133. The Balaban J connectivity index is 1.54. The lowest BCUT2D eigenvalue weighted by Crippen LogP contribution is -2.52. The van der Waals surface area contributed by atoms with Crippen molar-refractivity contribution in [3.8, 4) is 0 Å². The first-order valence-corrected chi connectivity index (χ1v) is 14.7. The second-order valence-corrected chi connectivity index (χ2v) is 13.3. The van der Waals surface area contributed by atoms with Gasteiger partial charge >= 0.3 is 0 Å². The van der Waals surface area contributed by atoms with Crippen molar-refractivity contribution in [1.82, 2.24) is 14.3 Å². The molecule has 3 aromatic heterocycles. The van der Waals surface area contributed by atoms with Crippen LogP contribution in [0.15, 0.2) is 58.9 Å². The molecular formula is C23H20Cl2N4O3S3. The number of thiazole rings is 1. The normalized spacial score (nSPS) is 17.0. The van der Waals surface area contributed by atoms with Gasteiger partial charge in [0.15, 0.2) is 5.13 Å². The quantitative estimate of drug-likeness (QED) is 0.293. The maximum atomic E-state index is 14.1. The highest BCUT2D eigenvalue weighted by Crippen LogP contribution is 2.35. The molecule has 182 valence electrons. The van der Waals surface area contributed by atoms with Gasteiger partial charge in [0, 0.05) is 17.8 Å². The highest BCUT2D eigenvalue weighted by atomic mass is 35.5. The Labute approximate surface area is 221 Å². The summed E-state index contributed by atoms with van der Waals surface area (Å²) >= 11 is 14.5. The van der Waals surface area contributed by atoms with Gasteiger partial charge in [-0.2, -0.15) is 4.31 Å². The number of nitrogens with zero attached hydrogens (tertiary/aromatic N) is 4. The standard InChI is InChI=1S/C23H20Cl2N4O3S3/c24-15-7-8-17-19(13-15)33-23(27-17)28(14-16-5-1-3-11-26-16)22(30)18-6-2-4-12-29(18)35(31,32)21-10-9-20(25)34-21/h1,3,5,7-11,13,18H,2,4,6,12,14H2. The van der Waals surface area contributed by atoms with E-state index in [1.54, 1.807) is 41.4 Å². The van der Waals surface area contributed by atoms with Crippen LogP contribution in [-0.2, 0) is 21.4 Å². The van der Waals surface area contributed by atoms with E-state index in [0.717, 1.165) is 28.0 Å². The van der Waals surface area contributed by atoms with Crippen LogP contribution in [0.4, 0.5) is 5.13 Å². The van der Waals surface area contributed by atoms with Crippen LogP contribution in [0.25, 0.3) is 10.2 Å².